The van der Waals surface area contributed by atoms with Crippen LogP contribution in [0.4, 0.5) is 4.39 Å². The molecule has 6 heteroatoms. The topological polar surface area (TPSA) is 55.4 Å². The summed E-state index contributed by atoms with van der Waals surface area (Å²) in [5.41, 5.74) is -0.202. The van der Waals surface area contributed by atoms with Gasteiger partial charge in [0.05, 0.1) is 5.56 Å². The van der Waals surface area contributed by atoms with Gasteiger partial charge >= 0.3 is 5.97 Å². The summed E-state index contributed by atoms with van der Waals surface area (Å²) < 4.78 is 18.4. The molecule has 16 heavy (non-hydrogen) atoms. The molecule has 0 heterocycles. The monoisotopic (exact) mass is 289 g/mol. The van der Waals surface area contributed by atoms with Gasteiger partial charge in [0.1, 0.15) is 5.82 Å². The Kier molecular flexibility index (Phi) is 4.42. The Hall–Kier alpha value is -1.43. The Morgan fingerprint density at radius 2 is 2.19 bits per heavy atom. The molecule has 0 unspecified atom stereocenters. The third-order valence-electron chi connectivity index (χ3n) is 1.76. The number of benzene rings is 1. The molecule has 0 atom stereocenters. The van der Waals surface area contributed by atoms with Gasteiger partial charge in [-0.05, 0) is 18.2 Å². The van der Waals surface area contributed by atoms with Crippen molar-refractivity contribution in [3.05, 3.63) is 34.1 Å². The zero-order valence-corrected chi connectivity index (χ0v) is 10.0. The number of hydrogen-bond donors (Lipinski definition) is 1. The Morgan fingerprint density at radius 1 is 1.50 bits per heavy atom. The minimum Gasteiger partial charge on any atom is -0.452 e. The number of rotatable bonds is 3. The SMILES string of the molecule is CNC(=O)COC(=O)c1ccc(Br)cc1F. The Balaban J connectivity index is 2.70. The van der Waals surface area contributed by atoms with Crippen molar-refractivity contribution >= 4 is 27.8 Å². The molecule has 86 valence electrons. The third-order valence-corrected chi connectivity index (χ3v) is 2.26. The molecular weight excluding hydrogens is 281 g/mol. The smallest absolute Gasteiger partial charge is 0.341 e. The molecule has 4 nitrogen and oxygen atoms in total. The van der Waals surface area contributed by atoms with Crippen LogP contribution in [0, 0.1) is 5.82 Å². The van der Waals surface area contributed by atoms with Crippen molar-refractivity contribution in [3.8, 4) is 0 Å². The lowest BCUT2D eigenvalue weighted by atomic mass is 10.2. The van der Waals surface area contributed by atoms with Crippen LogP contribution in [-0.2, 0) is 9.53 Å². The van der Waals surface area contributed by atoms with Gasteiger partial charge < -0.3 is 10.1 Å². The number of nitrogens with one attached hydrogen (secondary N) is 1. The van der Waals surface area contributed by atoms with Gasteiger partial charge in [-0.3, -0.25) is 4.79 Å². The summed E-state index contributed by atoms with van der Waals surface area (Å²) in [5.74, 6) is -2.02. The van der Waals surface area contributed by atoms with Crippen LogP contribution in [0.1, 0.15) is 10.4 Å². The molecule has 0 saturated carbocycles. The second-order valence-corrected chi connectivity index (χ2v) is 3.79. The number of likely N-dealkylation sites (N-methyl/N-ethyl adjacent to an activating group) is 1. The van der Waals surface area contributed by atoms with Gasteiger partial charge in [0.15, 0.2) is 6.61 Å². The Bertz CT molecular complexity index is 423. The quantitative estimate of drug-likeness (QED) is 0.858. The maximum absolute atomic E-state index is 13.3. The van der Waals surface area contributed by atoms with Crippen LogP contribution >= 0.6 is 15.9 Å². The maximum atomic E-state index is 13.3. The molecule has 1 N–H and O–H groups in total. The van der Waals surface area contributed by atoms with E-state index in [1.165, 1.54) is 19.2 Å². The van der Waals surface area contributed by atoms with E-state index in [2.05, 4.69) is 26.0 Å². The second-order valence-electron chi connectivity index (χ2n) is 2.87. The van der Waals surface area contributed by atoms with Crippen molar-refractivity contribution in [1.29, 1.82) is 0 Å². The minimum absolute atomic E-state index is 0.202. The molecule has 1 aromatic carbocycles. The predicted octanol–water partition coefficient (Wildman–Crippen LogP) is 1.49. The largest absolute Gasteiger partial charge is 0.452 e. The number of carbonyl (C=O) groups is 2. The van der Waals surface area contributed by atoms with Crippen LogP contribution in [0.25, 0.3) is 0 Å². The third kappa shape index (κ3) is 3.30. The molecule has 0 fully saturated rings. The van der Waals surface area contributed by atoms with Crippen LogP contribution < -0.4 is 5.32 Å². The van der Waals surface area contributed by atoms with Gasteiger partial charge in [0.25, 0.3) is 5.91 Å². The summed E-state index contributed by atoms with van der Waals surface area (Å²) in [4.78, 5) is 22.1. The van der Waals surface area contributed by atoms with Gasteiger partial charge in [0.2, 0.25) is 0 Å². The van der Waals surface area contributed by atoms with Crippen molar-refractivity contribution in [2.75, 3.05) is 13.7 Å². The molecular formula is C10H9BrFNO3. The van der Waals surface area contributed by atoms with E-state index in [0.29, 0.717) is 4.47 Å². The first-order valence-electron chi connectivity index (χ1n) is 4.37. The van der Waals surface area contributed by atoms with Gasteiger partial charge in [-0.15, -0.1) is 0 Å². The van der Waals surface area contributed by atoms with Crippen molar-refractivity contribution in [2.45, 2.75) is 0 Å². The van der Waals surface area contributed by atoms with E-state index in [-0.39, 0.29) is 5.56 Å². The second kappa shape index (κ2) is 5.60. The molecule has 0 bridgehead atoms. The summed E-state index contributed by atoms with van der Waals surface area (Å²) in [6.07, 6.45) is 0. The molecule has 1 rings (SSSR count). The maximum Gasteiger partial charge on any atom is 0.341 e. The van der Waals surface area contributed by atoms with Crippen molar-refractivity contribution < 1.29 is 18.7 Å². The number of halogens is 2. The lowest BCUT2D eigenvalue weighted by molar-refractivity contribution is -0.123. The van der Waals surface area contributed by atoms with Gasteiger partial charge in [-0.1, -0.05) is 15.9 Å². The highest BCUT2D eigenvalue weighted by Crippen LogP contribution is 2.15. The van der Waals surface area contributed by atoms with Gasteiger partial charge in [-0.25, -0.2) is 9.18 Å². The summed E-state index contributed by atoms with van der Waals surface area (Å²) >= 11 is 3.06. The number of ether oxygens (including phenoxy) is 1. The molecule has 0 saturated heterocycles. The molecule has 1 aromatic rings. The van der Waals surface area contributed by atoms with E-state index in [0.717, 1.165) is 6.07 Å². The minimum atomic E-state index is -0.867. The number of carbonyl (C=O) groups excluding carboxylic acids is 2. The lowest BCUT2D eigenvalue weighted by Crippen LogP contribution is -2.25. The first-order valence-corrected chi connectivity index (χ1v) is 5.16. The highest BCUT2D eigenvalue weighted by atomic mass is 79.9. The van der Waals surface area contributed by atoms with Crippen LogP contribution in [0.5, 0.6) is 0 Å². The first kappa shape index (κ1) is 12.6. The number of hydrogen-bond acceptors (Lipinski definition) is 3. The molecule has 0 aromatic heterocycles. The van der Waals surface area contributed by atoms with E-state index in [1.807, 2.05) is 0 Å². The molecule has 0 aliphatic rings. The average molecular weight is 290 g/mol. The lowest BCUT2D eigenvalue weighted by Gasteiger charge is -2.04. The summed E-state index contributed by atoms with van der Waals surface area (Å²) in [6.45, 7) is -0.426. The van der Waals surface area contributed by atoms with Crippen molar-refractivity contribution in [1.82, 2.24) is 5.32 Å². The molecule has 0 aliphatic heterocycles. The highest BCUT2D eigenvalue weighted by Gasteiger charge is 2.14. The molecule has 0 spiro atoms. The molecule has 0 aliphatic carbocycles. The van der Waals surface area contributed by atoms with E-state index in [9.17, 15) is 14.0 Å². The number of amides is 1. The van der Waals surface area contributed by atoms with E-state index < -0.39 is 24.3 Å². The summed E-state index contributed by atoms with van der Waals surface area (Å²) in [5, 5.41) is 2.28. The van der Waals surface area contributed by atoms with Crippen molar-refractivity contribution in [3.63, 3.8) is 0 Å². The van der Waals surface area contributed by atoms with E-state index in [4.69, 9.17) is 0 Å². The first-order chi connectivity index (χ1) is 7.54. The molecule has 0 radical (unpaired) electrons. The van der Waals surface area contributed by atoms with Crippen LogP contribution in [0.2, 0.25) is 0 Å². The average Bonchev–Trinajstić information content (AvgIpc) is 2.25. The molecule has 1 amide bonds. The fourth-order valence-electron chi connectivity index (χ4n) is 0.936. The van der Waals surface area contributed by atoms with Crippen LogP contribution in [0.15, 0.2) is 22.7 Å². The van der Waals surface area contributed by atoms with Crippen LogP contribution in [-0.4, -0.2) is 25.5 Å². The zero-order valence-electron chi connectivity index (χ0n) is 8.42. The summed E-state index contributed by atoms with van der Waals surface area (Å²) in [6, 6.07) is 3.95. The fourth-order valence-corrected chi connectivity index (χ4v) is 1.27. The summed E-state index contributed by atoms with van der Waals surface area (Å²) in [7, 11) is 1.41. The normalized spacial score (nSPS) is 9.69. The standard InChI is InChI=1S/C10H9BrFNO3/c1-13-9(14)5-16-10(15)7-3-2-6(11)4-8(7)12/h2-4H,5H2,1H3,(H,13,14). The van der Waals surface area contributed by atoms with Gasteiger partial charge in [-0.2, -0.15) is 0 Å². The predicted molar refractivity (Wildman–Crippen MR) is 58.4 cm³/mol. The van der Waals surface area contributed by atoms with E-state index >= 15 is 0 Å². The zero-order chi connectivity index (χ0) is 12.1. The van der Waals surface area contributed by atoms with Crippen LogP contribution in [0.3, 0.4) is 0 Å². The van der Waals surface area contributed by atoms with Crippen molar-refractivity contribution in [2.24, 2.45) is 0 Å². The Labute approximate surface area is 99.9 Å². The number of esters is 1. The highest BCUT2D eigenvalue weighted by molar-refractivity contribution is 9.10. The Morgan fingerprint density at radius 3 is 2.75 bits per heavy atom. The fraction of sp³-hybridized carbons (Fsp3) is 0.200. The van der Waals surface area contributed by atoms with Gasteiger partial charge in [0, 0.05) is 11.5 Å². The van der Waals surface area contributed by atoms with E-state index in [1.54, 1.807) is 0 Å².